The number of hydrogen-bond donors (Lipinski definition) is 3. The zero-order valence-electron chi connectivity index (χ0n) is 13.8. The maximum absolute atomic E-state index is 14.8. The van der Waals surface area contributed by atoms with E-state index in [1.54, 1.807) is 0 Å². The molecular weight excluding hydrogens is 442 g/mol. The number of benzene rings is 2. The molecule has 1 aliphatic rings. The maximum Gasteiger partial charge on any atom is 0.260 e. The van der Waals surface area contributed by atoms with Gasteiger partial charge in [-0.1, -0.05) is 11.6 Å². The lowest BCUT2D eigenvalue weighted by atomic mass is 10.1. The van der Waals surface area contributed by atoms with Gasteiger partial charge in [0.2, 0.25) is 5.91 Å². The Labute approximate surface area is 171 Å². The lowest BCUT2D eigenvalue weighted by molar-refractivity contribution is -0.117. The van der Waals surface area contributed by atoms with Crippen molar-refractivity contribution in [2.45, 2.75) is 10.8 Å². The number of nitrogens with two attached hydrogens (primary N) is 1. The molecule has 0 aliphatic heterocycles. The van der Waals surface area contributed by atoms with Gasteiger partial charge in [0.15, 0.2) is 11.6 Å². The van der Waals surface area contributed by atoms with Crippen molar-refractivity contribution in [1.82, 2.24) is 0 Å². The lowest BCUT2D eigenvalue weighted by Crippen LogP contribution is -2.20. The Morgan fingerprint density at radius 2 is 1.61 bits per heavy atom. The number of nitrogens with one attached hydrogen (secondary N) is 2. The van der Waals surface area contributed by atoms with E-state index >= 15 is 0 Å². The SMILES string of the molecule is Nc1c(F)ccc(NC(=O)c2c(Cl)ccc(NC(=O)C3CC3(Cl)Cl)c2F)c1F. The van der Waals surface area contributed by atoms with E-state index in [2.05, 4.69) is 10.6 Å². The van der Waals surface area contributed by atoms with Crippen molar-refractivity contribution in [3.8, 4) is 0 Å². The minimum Gasteiger partial charge on any atom is -0.394 e. The number of halogens is 6. The number of alkyl halides is 2. The van der Waals surface area contributed by atoms with Gasteiger partial charge in [0, 0.05) is 0 Å². The highest BCUT2D eigenvalue weighted by Gasteiger charge is 2.56. The van der Waals surface area contributed by atoms with Crippen LogP contribution in [0.1, 0.15) is 16.8 Å². The van der Waals surface area contributed by atoms with Gasteiger partial charge in [0.05, 0.1) is 27.9 Å². The van der Waals surface area contributed by atoms with Crippen molar-refractivity contribution in [3.05, 3.63) is 52.3 Å². The Kier molecular flexibility index (Phi) is 5.40. The van der Waals surface area contributed by atoms with Crippen molar-refractivity contribution in [3.63, 3.8) is 0 Å². The average Bonchev–Trinajstić information content (AvgIpc) is 3.26. The van der Waals surface area contributed by atoms with Gasteiger partial charge < -0.3 is 16.4 Å². The van der Waals surface area contributed by atoms with Crippen LogP contribution in [0.4, 0.5) is 30.2 Å². The Morgan fingerprint density at radius 1 is 1.04 bits per heavy atom. The van der Waals surface area contributed by atoms with Crippen molar-refractivity contribution >= 4 is 63.7 Å². The average molecular weight is 453 g/mol. The fourth-order valence-electron chi connectivity index (χ4n) is 2.43. The van der Waals surface area contributed by atoms with Crippen LogP contribution in [0.5, 0.6) is 0 Å². The van der Waals surface area contributed by atoms with E-state index in [4.69, 9.17) is 40.5 Å². The molecule has 1 aliphatic carbocycles. The van der Waals surface area contributed by atoms with Gasteiger partial charge in [-0.05, 0) is 30.7 Å². The number of anilines is 3. The van der Waals surface area contributed by atoms with Gasteiger partial charge in [-0.25, -0.2) is 13.2 Å². The first-order valence-electron chi connectivity index (χ1n) is 7.74. The van der Waals surface area contributed by atoms with Gasteiger partial charge in [0.25, 0.3) is 5.91 Å². The molecule has 5 nitrogen and oxygen atoms in total. The number of nitrogen functional groups attached to an aromatic ring is 1. The summed E-state index contributed by atoms with van der Waals surface area (Å²) in [5, 5.41) is 4.05. The number of amides is 2. The number of carbonyl (C=O) groups excluding carboxylic acids is 2. The van der Waals surface area contributed by atoms with E-state index < -0.39 is 56.5 Å². The normalized spacial score (nSPS) is 17.1. The van der Waals surface area contributed by atoms with Crippen molar-refractivity contribution in [1.29, 1.82) is 0 Å². The second-order valence-electron chi connectivity index (χ2n) is 6.07. The minimum atomic E-state index is -1.22. The molecule has 0 saturated heterocycles. The monoisotopic (exact) mass is 451 g/mol. The van der Waals surface area contributed by atoms with Crippen molar-refractivity contribution < 1.29 is 22.8 Å². The third-order valence-corrected chi connectivity index (χ3v) is 5.24. The van der Waals surface area contributed by atoms with E-state index in [1.807, 2.05) is 0 Å². The van der Waals surface area contributed by atoms with Crippen LogP contribution >= 0.6 is 34.8 Å². The van der Waals surface area contributed by atoms with Crippen LogP contribution < -0.4 is 16.4 Å². The molecule has 148 valence electrons. The van der Waals surface area contributed by atoms with Gasteiger partial charge in [-0.2, -0.15) is 0 Å². The topological polar surface area (TPSA) is 84.2 Å². The third kappa shape index (κ3) is 3.85. The molecule has 0 bridgehead atoms. The quantitative estimate of drug-likeness (QED) is 0.463. The first-order valence-corrected chi connectivity index (χ1v) is 8.88. The van der Waals surface area contributed by atoms with Crippen LogP contribution in [0.15, 0.2) is 24.3 Å². The molecule has 11 heteroatoms. The highest BCUT2D eigenvalue weighted by atomic mass is 35.5. The molecule has 4 N–H and O–H groups in total. The predicted octanol–water partition coefficient (Wildman–Crippen LogP) is 4.72. The molecule has 28 heavy (non-hydrogen) atoms. The Bertz CT molecular complexity index is 1000. The van der Waals surface area contributed by atoms with Crippen molar-refractivity contribution in [2.75, 3.05) is 16.4 Å². The molecule has 0 heterocycles. The number of hydrogen-bond acceptors (Lipinski definition) is 3. The molecular formula is C17H11Cl3F3N3O2. The zero-order chi connectivity index (χ0) is 20.8. The fraction of sp³-hybridized carbons (Fsp3) is 0.176. The highest BCUT2D eigenvalue weighted by Crippen LogP contribution is 2.53. The molecule has 0 spiro atoms. The summed E-state index contributed by atoms with van der Waals surface area (Å²) in [6, 6.07) is 4.08. The van der Waals surface area contributed by atoms with Gasteiger partial charge in [-0.15, -0.1) is 23.2 Å². The highest BCUT2D eigenvalue weighted by molar-refractivity contribution is 6.52. The molecule has 1 saturated carbocycles. The van der Waals surface area contributed by atoms with E-state index in [-0.39, 0.29) is 17.1 Å². The molecule has 3 rings (SSSR count). The van der Waals surface area contributed by atoms with Crippen LogP contribution in [-0.4, -0.2) is 16.1 Å². The van der Waals surface area contributed by atoms with Crippen LogP contribution in [-0.2, 0) is 4.79 Å². The van der Waals surface area contributed by atoms with Crippen LogP contribution in [0.2, 0.25) is 5.02 Å². The van der Waals surface area contributed by atoms with E-state index in [9.17, 15) is 22.8 Å². The summed E-state index contributed by atoms with van der Waals surface area (Å²) < 4.78 is 40.7. The Morgan fingerprint density at radius 3 is 2.21 bits per heavy atom. The molecule has 2 amide bonds. The predicted molar refractivity (Wildman–Crippen MR) is 101 cm³/mol. The van der Waals surface area contributed by atoms with Crippen molar-refractivity contribution in [2.24, 2.45) is 5.92 Å². The van der Waals surface area contributed by atoms with Crippen LogP contribution in [0.3, 0.4) is 0 Å². The minimum absolute atomic E-state index is 0.204. The fourth-order valence-corrected chi connectivity index (χ4v) is 3.16. The van der Waals surface area contributed by atoms with Gasteiger partial charge in [-0.3, -0.25) is 9.59 Å². The Balaban J connectivity index is 1.86. The molecule has 0 aromatic heterocycles. The summed E-state index contributed by atoms with van der Waals surface area (Å²) in [5.41, 5.74) is 2.95. The summed E-state index contributed by atoms with van der Waals surface area (Å²) in [6.07, 6.45) is 0.204. The third-order valence-electron chi connectivity index (χ3n) is 4.09. The molecule has 1 unspecified atom stereocenters. The summed E-state index contributed by atoms with van der Waals surface area (Å²) in [4.78, 5) is 24.4. The van der Waals surface area contributed by atoms with E-state index in [0.29, 0.717) is 0 Å². The summed E-state index contributed by atoms with van der Waals surface area (Å²) in [5.74, 6) is -5.86. The zero-order valence-corrected chi connectivity index (χ0v) is 16.0. The molecule has 2 aromatic rings. The molecule has 1 fully saturated rings. The largest absolute Gasteiger partial charge is 0.394 e. The maximum atomic E-state index is 14.8. The smallest absolute Gasteiger partial charge is 0.260 e. The summed E-state index contributed by atoms with van der Waals surface area (Å²) in [7, 11) is 0. The van der Waals surface area contributed by atoms with E-state index in [0.717, 1.165) is 18.2 Å². The van der Waals surface area contributed by atoms with Gasteiger partial charge >= 0.3 is 0 Å². The second-order valence-corrected chi connectivity index (χ2v) is 8.02. The standard InChI is InChI=1S/C17H11Cl3F3N3O2/c18-7-1-3-9(25-15(27)6-5-17(6,19)20)12(22)11(7)16(28)26-10-4-2-8(21)14(24)13(10)23/h1-4,6H,5,24H2,(H,25,27)(H,26,28). The molecule has 2 aromatic carbocycles. The molecule has 1 atom stereocenters. The lowest BCUT2D eigenvalue weighted by Gasteiger charge is -2.13. The molecule has 0 radical (unpaired) electrons. The number of carbonyl (C=O) groups is 2. The number of rotatable bonds is 4. The summed E-state index contributed by atoms with van der Waals surface area (Å²) in [6.45, 7) is 0. The Hall–Kier alpha value is -2.16. The second kappa shape index (κ2) is 7.35. The van der Waals surface area contributed by atoms with E-state index in [1.165, 1.54) is 6.07 Å². The summed E-state index contributed by atoms with van der Waals surface area (Å²) >= 11 is 17.5. The first kappa shape index (κ1) is 20.6. The van der Waals surface area contributed by atoms with Gasteiger partial charge in [0.1, 0.15) is 15.8 Å². The van der Waals surface area contributed by atoms with Crippen LogP contribution in [0.25, 0.3) is 0 Å². The first-order chi connectivity index (χ1) is 13.0. The van der Waals surface area contributed by atoms with Crippen LogP contribution in [0, 0.1) is 23.4 Å².